The molecule has 8 nitrogen and oxygen atoms in total. The number of methoxy groups -OCH3 is 1. The summed E-state index contributed by atoms with van der Waals surface area (Å²) in [6, 6.07) is 7.95. The quantitative estimate of drug-likeness (QED) is 0.763. The molecule has 2 N–H and O–H groups in total. The maximum Gasteiger partial charge on any atom is 0.332 e. The molecule has 0 bridgehead atoms. The number of likely N-dealkylation sites (tertiary alicyclic amines) is 1. The Morgan fingerprint density at radius 2 is 1.79 bits per heavy atom. The summed E-state index contributed by atoms with van der Waals surface area (Å²) in [6.45, 7) is 0.836. The molecular weight excluding hydrogens is 372 g/mol. The summed E-state index contributed by atoms with van der Waals surface area (Å²) in [4.78, 5) is 39.8. The molecule has 1 aliphatic heterocycles. The number of carbonyl (C=O) groups is 1. The molecule has 0 radical (unpaired) electrons. The highest BCUT2D eigenvalue weighted by Crippen LogP contribution is 2.31. The zero-order valence-corrected chi connectivity index (χ0v) is 17.2. The first kappa shape index (κ1) is 20.9. The van der Waals surface area contributed by atoms with Crippen LogP contribution in [0.15, 0.2) is 33.9 Å². The summed E-state index contributed by atoms with van der Waals surface area (Å²) in [5.41, 5.74) is 5.77. The van der Waals surface area contributed by atoms with Crippen molar-refractivity contribution in [3.05, 3.63) is 56.2 Å². The van der Waals surface area contributed by atoms with Crippen LogP contribution in [0.1, 0.15) is 47.6 Å². The molecule has 8 heteroatoms. The smallest absolute Gasteiger partial charge is 0.332 e. The molecular formula is C21H28N4O4. The fraction of sp³-hybridized carbons (Fsp3) is 0.476. The summed E-state index contributed by atoms with van der Waals surface area (Å²) in [6.07, 6.45) is 4.09. The molecule has 1 saturated heterocycles. The van der Waals surface area contributed by atoms with Crippen LogP contribution in [0, 0.1) is 0 Å². The zero-order valence-electron chi connectivity index (χ0n) is 17.2. The molecule has 1 aromatic heterocycles. The van der Waals surface area contributed by atoms with Gasteiger partial charge in [0, 0.05) is 20.1 Å². The lowest BCUT2D eigenvalue weighted by molar-refractivity contribution is 0.0891. The van der Waals surface area contributed by atoms with Crippen molar-refractivity contribution in [3.63, 3.8) is 0 Å². The maximum atomic E-state index is 13.1. The molecule has 3 rings (SSSR count). The Balaban J connectivity index is 1.93. The van der Waals surface area contributed by atoms with Crippen molar-refractivity contribution >= 4 is 11.6 Å². The van der Waals surface area contributed by atoms with E-state index in [0.29, 0.717) is 0 Å². The second-order valence-electron chi connectivity index (χ2n) is 7.50. The number of nitrogens with zero attached hydrogens (tertiary/aromatic N) is 3. The van der Waals surface area contributed by atoms with E-state index in [1.807, 2.05) is 24.3 Å². The molecule has 0 saturated carbocycles. The predicted octanol–water partition coefficient (Wildman–Crippen LogP) is 1.47. The minimum Gasteiger partial charge on any atom is -0.497 e. The topological polar surface area (TPSA) is 99.6 Å². The van der Waals surface area contributed by atoms with E-state index in [2.05, 4.69) is 4.90 Å². The van der Waals surface area contributed by atoms with E-state index in [4.69, 9.17) is 10.5 Å². The molecule has 2 heterocycles. The minimum absolute atomic E-state index is 0.0740. The largest absolute Gasteiger partial charge is 0.497 e. The molecule has 1 aromatic carbocycles. The fourth-order valence-corrected chi connectivity index (χ4v) is 3.95. The average molecular weight is 400 g/mol. The minimum atomic E-state index is -0.647. The van der Waals surface area contributed by atoms with Crippen molar-refractivity contribution < 1.29 is 9.53 Å². The second kappa shape index (κ2) is 8.65. The van der Waals surface area contributed by atoms with E-state index in [1.165, 1.54) is 14.1 Å². The molecule has 1 atom stereocenters. The van der Waals surface area contributed by atoms with Crippen LogP contribution >= 0.6 is 0 Å². The van der Waals surface area contributed by atoms with Crippen LogP contribution in [0.25, 0.3) is 0 Å². The standard InChI is InChI=1S/C21H28N4O4/c1-23-19(22)18(20(27)24(2)21(23)28)17(26)13-25-12-6-4-5-7-16(25)14-8-10-15(29-3)11-9-14/h8-11,16H,4-7,12-13,22H2,1-3H3. The van der Waals surface area contributed by atoms with Gasteiger partial charge in [0.1, 0.15) is 17.1 Å². The number of ether oxygens (including phenoxy) is 1. The molecule has 0 aliphatic carbocycles. The van der Waals surface area contributed by atoms with Crippen LogP contribution in [0.5, 0.6) is 5.75 Å². The van der Waals surface area contributed by atoms with Gasteiger partial charge in [0.25, 0.3) is 5.56 Å². The van der Waals surface area contributed by atoms with Crippen LogP contribution < -0.4 is 21.7 Å². The molecule has 0 spiro atoms. The Morgan fingerprint density at radius 1 is 1.10 bits per heavy atom. The fourth-order valence-electron chi connectivity index (χ4n) is 3.95. The predicted molar refractivity (Wildman–Crippen MR) is 111 cm³/mol. The van der Waals surface area contributed by atoms with Gasteiger partial charge in [0.05, 0.1) is 13.7 Å². The highest BCUT2D eigenvalue weighted by atomic mass is 16.5. The third-order valence-electron chi connectivity index (χ3n) is 5.70. The van der Waals surface area contributed by atoms with E-state index in [0.717, 1.165) is 52.7 Å². The second-order valence-corrected chi connectivity index (χ2v) is 7.50. The number of aromatic nitrogens is 2. The van der Waals surface area contributed by atoms with Crippen LogP contribution in [-0.4, -0.2) is 40.0 Å². The summed E-state index contributed by atoms with van der Waals surface area (Å²) in [5.74, 6) is 0.338. The first-order valence-corrected chi connectivity index (χ1v) is 9.81. The molecule has 1 unspecified atom stereocenters. The summed E-state index contributed by atoms with van der Waals surface area (Å²) in [7, 11) is 4.44. The number of carbonyl (C=O) groups excluding carboxylic acids is 1. The van der Waals surface area contributed by atoms with Gasteiger partial charge in [0.15, 0.2) is 5.78 Å². The molecule has 156 valence electrons. The Bertz CT molecular complexity index is 1010. The third kappa shape index (κ3) is 4.12. The van der Waals surface area contributed by atoms with E-state index in [1.54, 1.807) is 7.11 Å². The van der Waals surface area contributed by atoms with Crippen molar-refractivity contribution in [1.29, 1.82) is 0 Å². The molecule has 2 aromatic rings. The van der Waals surface area contributed by atoms with Crippen LogP contribution in [-0.2, 0) is 14.1 Å². The number of ketones is 1. The first-order chi connectivity index (χ1) is 13.8. The van der Waals surface area contributed by atoms with E-state index >= 15 is 0 Å². The van der Waals surface area contributed by atoms with E-state index < -0.39 is 11.2 Å². The number of Topliss-reactive ketones (excluding diaryl/α,β-unsaturated/α-hetero) is 1. The van der Waals surface area contributed by atoms with Gasteiger partial charge in [-0.3, -0.25) is 23.6 Å². The van der Waals surface area contributed by atoms with Crippen molar-refractivity contribution in [2.75, 3.05) is 25.9 Å². The Hall–Kier alpha value is -2.87. The maximum absolute atomic E-state index is 13.1. The van der Waals surface area contributed by atoms with Crippen molar-refractivity contribution in [2.45, 2.75) is 31.7 Å². The van der Waals surface area contributed by atoms with Gasteiger partial charge < -0.3 is 10.5 Å². The number of hydrogen-bond acceptors (Lipinski definition) is 6. The van der Waals surface area contributed by atoms with Gasteiger partial charge in [0.2, 0.25) is 0 Å². The molecule has 29 heavy (non-hydrogen) atoms. The lowest BCUT2D eigenvalue weighted by Crippen LogP contribution is -2.43. The van der Waals surface area contributed by atoms with Gasteiger partial charge >= 0.3 is 5.69 Å². The third-order valence-corrected chi connectivity index (χ3v) is 5.70. The van der Waals surface area contributed by atoms with Gasteiger partial charge in [-0.2, -0.15) is 0 Å². The van der Waals surface area contributed by atoms with Crippen molar-refractivity contribution in [2.24, 2.45) is 14.1 Å². The Labute approximate surface area is 169 Å². The van der Waals surface area contributed by atoms with Crippen LogP contribution in [0.2, 0.25) is 0 Å². The molecule has 1 aliphatic rings. The van der Waals surface area contributed by atoms with Crippen LogP contribution in [0.3, 0.4) is 0 Å². The lowest BCUT2D eigenvalue weighted by Gasteiger charge is -2.30. The number of hydrogen-bond donors (Lipinski definition) is 1. The number of benzene rings is 1. The highest BCUT2D eigenvalue weighted by molar-refractivity contribution is 6.01. The Morgan fingerprint density at radius 3 is 2.45 bits per heavy atom. The molecule has 1 fully saturated rings. The van der Waals surface area contributed by atoms with Gasteiger partial charge in [-0.05, 0) is 37.1 Å². The van der Waals surface area contributed by atoms with E-state index in [-0.39, 0.29) is 29.8 Å². The zero-order chi connectivity index (χ0) is 21.1. The van der Waals surface area contributed by atoms with Gasteiger partial charge in [-0.25, -0.2) is 4.79 Å². The monoisotopic (exact) mass is 400 g/mol. The highest BCUT2D eigenvalue weighted by Gasteiger charge is 2.28. The number of anilines is 1. The Kier molecular flexibility index (Phi) is 6.22. The number of nitrogens with two attached hydrogens (primary N) is 1. The van der Waals surface area contributed by atoms with Gasteiger partial charge in [-0.15, -0.1) is 0 Å². The first-order valence-electron chi connectivity index (χ1n) is 9.81. The molecule has 0 amide bonds. The summed E-state index contributed by atoms with van der Waals surface area (Å²) in [5, 5.41) is 0. The number of nitrogen functional groups attached to an aromatic ring is 1. The number of rotatable bonds is 5. The normalized spacial score (nSPS) is 17.7. The van der Waals surface area contributed by atoms with Gasteiger partial charge in [-0.1, -0.05) is 25.0 Å². The SMILES string of the molecule is COc1ccc(C2CCCCCN2CC(=O)c2c(N)n(C)c(=O)n(C)c2=O)cc1. The lowest BCUT2D eigenvalue weighted by atomic mass is 10.00. The van der Waals surface area contributed by atoms with Crippen molar-refractivity contribution in [3.8, 4) is 5.75 Å². The average Bonchev–Trinajstić information content (AvgIpc) is 2.96. The summed E-state index contributed by atoms with van der Waals surface area (Å²) < 4.78 is 7.30. The van der Waals surface area contributed by atoms with Crippen molar-refractivity contribution in [1.82, 2.24) is 14.0 Å². The summed E-state index contributed by atoms with van der Waals surface area (Å²) >= 11 is 0. The van der Waals surface area contributed by atoms with E-state index in [9.17, 15) is 14.4 Å². The van der Waals surface area contributed by atoms with Crippen LogP contribution in [0.4, 0.5) is 5.82 Å².